The maximum absolute atomic E-state index is 12.1. The van der Waals surface area contributed by atoms with Crippen LogP contribution in [0.4, 0.5) is 0 Å². The molecule has 8 nitrogen and oxygen atoms in total. The topological polar surface area (TPSA) is 124 Å². The first kappa shape index (κ1) is 16.0. The summed E-state index contributed by atoms with van der Waals surface area (Å²) < 4.78 is 31.8. The second-order valence-electron chi connectivity index (χ2n) is 5.71. The number of sulfonamides is 1. The average Bonchev–Trinajstić information content (AvgIpc) is 3.18. The lowest BCUT2D eigenvalue weighted by atomic mass is 9.99. The fourth-order valence-electron chi connectivity index (χ4n) is 2.67. The monoisotopic (exact) mass is 337 g/mol. The van der Waals surface area contributed by atoms with E-state index in [9.17, 15) is 8.42 Å². The van der Waals surface area contributed by atoms with Crippen LogP contribution < -0.4 is 10.5 Å². The van der Waals surface area contributed by atoms with Crippen LogP contribution in [0.1, 0.15) is 37.4 Å². The zero-order valence-corrected chi connectivity index (χ0v) is 13.4. The van der Waals surface area contributed by atoms with Crippen molar-refractivity contribution in [1.29, 1.82) is 0 Å². The van der Waals surface area contributed by atoms with Crippen molar-refractivity contribution in [3.05, 3.63) is 36.2 Å². The van der Waals surface area contributed by atoms with Gasteiger partial charge in [-0.1, -0.05) is 18.0 Å². The molecule has 2 aromatic heterocycles. The molecule has 0 radical (unpaired) electrons. The Hall–Kier alpha value is -1.84. The van der Waals surface area contributed by atoms with E-state index in [1.54, 1.807) is 6.07 Å². The number of pyridine rings is 1. The van der Waals surface area contributed by atoms with Crippen molar-refractivity contribution in [2.24, 2.45) is 5.73 Å². The molecule has 0 aliphatic heterocycles. The highest BCUT2D eigenvalue weighted by Crippen LogP contribution is 2.34. The van der Waals surface area contributed by atoms with E-state index in [1.165, 1.54) is 18.5 Å². The fourth-order valence-corrected chi connectivity index (χ4v) is 3.66. The third-order valence-electron chi connectivity index (χ3n) is 3.98. The largest absolute Gasteiger partial charge is 0.339 e. The van der Waals surface area contributed by atoms with Crippen molar-refractivity contribution in [2.45, 2.75) is 42.5 Å². The molecular weight excluding hydrogens is 318 g/mol. The Kier molecular flexibility index (Phi) is 4.42. The van der Waals surface area contributed by atoms with Crippen molar-refractivity contribution in [1.82, 2.24) is 19.8 Å². The summed E-state index contributed by atoms with van der Waals surface area (Å²) in [6.45, 7) is 0.163. The summed E-state index contributed by atoms with van der Waals surface area (Å²) in [6.07, 6.45) is 6.94. The molecule has 1 aliphatic carbocycles. The SMILES string of the molecule is NC1(c2noc(CCNS(=O)(=O)c3cccnc3)n2)CCCC1. The molecule has 9 heteroatoms. The van der Waals surface area contributed by atoms with Crippen LogP contribution in [0.5, 0.6) is 0 Å². The van der Waals surface area contributed by atoms with Crippen molar-refractivity contribution in [3.63, 3.8) is 0 Å². The minimum absolute atomic E-state index is 0.123. The van der Waals surface area contributed by atoms with Crippen LogP contribution in [0.25, 0.3) is 0 Å². The van der Waals surface area contributed by atoms with Crippen LogP contribution in [0.15, 0.2) is 33.9 Å². The van der Waals surface area contributed by atoms with Gasteiger partial charge in [-0.15, -0.1) is 0 Å². The molecule has 0 amide bonds. The molecule has 3 N–H and O–H groups in total. The zero-order chi connectivity index (χ0) is 16.3. The van der Waals surface area contributed by atoms with E-state index in [4.69, 9.17) is 10.3 Å². The molecule has 1 fully saturated rings. The maximum Gasteiger partial charge on any atom is 0.242 e. The normalized spacial score (nSPS) is 17.4. The summed E-state index contributed by atoms with van der Waals surface area (Å²) in [6, 6.07) is 3.06. The molecule has 1 saturated carbocycles. The maximum atomic E-state index is 12.1. The lowest BCUT2D eigenvalue weighted by molar-refractivity contribution is 0.348. The van der Waals surface area contributed by atoms with Gasteiger partial charge in [0, 0.05) is 25.4 Å². The van der Waals surface area contributed by atoms with E-state index >= 15 is 0 Å². The molecule has 0 saturated heterocycles. The van der Waals surface area contributed by atoms with Gasteiger partial charge in [0.2, 0.25) is 15.9 Å². The average molecular weight is 337 g/mol. The third-order valence-corrected chi connectivity index (χ3v) is 5.43. The Labute approximate surface area is 134 Å². The first-order chi connectivity index (χ1) is 11.0. The van der Waals surface area contributed by atoms with E-state index in [0.29, 0.717) is 18.1 Å². The van der Waals surface area contributed by atoms with E-state index < -0.39 is 15.6 Å². The molecule has 3 rings (SSSR count). The van der Waals surface area contributed by atoms with E-state index in [0.717, 1.165) is 25.7 Å². The summed E-state index contributed by atoms with van der Waals surface area (Å²) in [5.74, 6) is 0.894. The quantitative estimate of drug-likeness (QED) is 0.795. The van der Waals surface area contributed by atoms with Gasteiger partial charge in [0.05, 0.1) is 5.54 Å². The van der Waals surface area contributed by atoms with Crippen LogP contribution in [0.3, 0.4) is 0 Å². The summed E-state index contributed by atoms with van der Waals surface area (Å²) in [4.78, 5) is 8.23. The predicted molar refractivity (Wildman–Crippen MR) is 81.8 cm³/mol. The molecular formula is C14H19N5O3S. The lowest BCUT2D eigenvalue weighted by Gasteiger charge is -2.17. The Bertz CT molecular complexity index is 754. The predicted octanol–water partition coefficient (Wildman–Crippen LogP) is 0.714. The van der Waals surface area contributed by atoms with E-state index in [2.05, 4.69) is 19.8 Å². The first-order valence-corrected chi connectivity index (χ1v) is 9.00. The van der Waals surface area contributed by atoms with E-state index in [-0.39, 0.29) is 11.4 Å². The smallest absolute Gasteiger partial charge is 0.242 e. The van der Waals surface area contributed by atoms with Crippen LogP contribution in [-0.2, 0) is 22.0 Å². The third kappa shape index (κ3) is 3.57. The summed E-state index contributed by atoms with van der Waals surface area (Å²) in [5.41, 5.74) is 5.76. The highest BCUT2D eigenvalue weighted by atomic mass is 32.2. The molecule has 0 aromatic carbocycles. The molecule has 1 aliphatic rings. The fraction of sp³-hybridized carbons (Fsp3) is 0.500. The molecule has 2 heterocycles. The van der Waals surface area contributed by atoms with Gasteiger partial charge in [0.15, 0.2) is 5.82 Å². The van der Waals surface area contributed by atoms with Gasteiger partial charge in [0.25, 0.3) is 0 Å². The molecule has 2 aromatic rings. The number of aromatic nitrogens is 3. The summed E-state index contributed by atoms with van der Waals surface area (Å²) >= 11 is 0. The number of nitrogens with zero attached hydrogens (tertiary/aromatic N) is 3. The highest BCUT2D eigenvalue weighted by molar-refractivity contribution is 7.89. The molecule has 0 bridgehead atoms. The van der Waals surface area contributed by atoms with E-state index in [1.807, 2.05) is 0 Å². The van der Waals surface area contributed by atoms with Gasteiger partial charge < -0.3 is 10.3 Å². The van der Waals surface area contributed by atoms with Gasteiger partial charge in [-0.2, -0.15) is 4.98 Å². The molecule has 124 valence electrons. The van der Waals surface area contributed by atoms with Crippen molar-refractivity contribution < 1.29 is 12.9 Å². The summed E-state index contributed by atoms with van der Waals surface area (Å²) in [5, 5.41) is 3.94. The number of hydrogen-bond donors (Lipinski definition) is 2. The van der Waals surface area contributed by atoms with Crippen LogP contribution >= 0.6 is 0 Å². The molecule has 0 atom stereocenters. The minimum atomic E-state index is -3.58. The van der Waals surface area contributed by atoms with Crippen LogP contribution in [0, 0.1) is 0 Å². The number of hydrogen-bond acceptors (Lipinski definition) is 7. The number of rotatable bonds is 6. The van der Waals surface area contributed by atoms with Crippen molar-refractivity contribution in [3.8, 4) is 0 Å². The van der Waals surface area contributed by atoms with Gasteiger partial charge >= 0.3 is 0 Å². The molecule has 23 heavy (non-hydrogen) atoms. The van der Waals surface area contributed by atoms with Crippen molar-refractivity contribution in [2.75, 3.05) is 6.54 Å². The van der Waals surface area contributed by atoms with Gasteiger partial charge in [0.1, 0.15) is 4.90 Å². The standard InChI is InChI=1S/C14H19N5O3S/c15-14(6-1-2-7-14)13-18-12(22-19-13)5-9-17-23(20,21)11-4-3-8-16-10-11/h3-4,8,10,17H,1-2,5-7,9,15H2. The first-order valence-electron chi connectivity index (χ1n) is 7.51. The lowest BCUT2D eigenvalue weighted by Crippen LogP contribution is -2.34. The molecule has 0 spiro atoms. The van der Waals surface area contributed by atoms with Crippen LogP contribution in [-0.4, -0.2) is 30.1 Å². The van der Waals surface area contributed by atoms with Crippen molar-refractivity contribution >= 4 is 10.0 Å². The Morgan fingerprint density at radius 3 is 2.83 bits per heavy atom. The summed E-state index contributed by atoms with van der Waals surface area (Å²) in [7, 11) is -3.58. The van der Waals surface area contributed by atoms with Gasteiger partial charge in [-0.25, -0.2) is 13.1 Å². The zero-order valence-electron chi connectivity index (χ0n) is 12.6. The number of nitrogens with one attached hydrogen (secondary N) is 1. The van der Waals surface area contributed by atoms with Gasteiger partial charge in [-0.05, 0) is 25.0 Å². The Balaban J connectivity index is 1.58. The second-order valence-corrected chi connectivity index (χ2v) is 7.48. The van der Waals surface area contributed by atoms with Gasteiger partial charge in [-0.3, -0.25) is 4.98 Å². The second kappa shape index (κ2) is 6.34. The Morgan fingerprint density at radius 2 is 2.13 bits per heavy atom. The number of nitrogens with two attached hydrogens (primary N) is 1. The Morgan fingerprint density at radius 1 is 1.35 bits per heavy atom. The highest BCUT2D eigenvalue weighted by Gasteiger charge is 2.35. The minimum Gasteiger partial charge on any atom is -0.339 e. The molecule has 0 unspecified atom stereocenters. The van der Waals surface area contributed by atoms with Crippen LogP contribution in [0.2, 0.25) is 0 Å².